The molecule has 0 amide bonds. The van der Waals surface area contributed by atoms with Crippen molar-refractivity contribution in [3.63, 3.8) is 0 Å². The molecular weight excluding hydrogens is 320 g/mol. The van der Waals surface area contributed by atoms with E-state index in [4.69, 9.17) is 11.6 Å². The summed E-state index contributed by atoms with van der Waals surface area (Å²) >= 11 is 6.07. The molecule has 1 heterocycles. The van der Waals surface area contributed by atoms with Crippen molar-refractivity contribution in [2.75, 3.05) is 13.6 Å². The number of hydrogen-bond donors (Lipinski definition) is 0. The molecule has 5 nitrogen and oxygen atoms in total. The number of halogens is 2. The van der Waals surface area contributed by atoms with Crippen molar-refractivity contribution in [3.05, 3.63) is 69.3 Å². The predicted octanol–water partition coefficient (Wildman–Crippen LogP) is 3.97. The highest BCUT2D eigenvalue weighted by Crippen LogP contribution is 2.29. The molecule has 1 aliphatic heterocycles. The summed E-state index contributed by atoms with van der Waals surface area (Å²) in [7, 11) is 1.49. The number of rotatable bonds is 2. The van der Waals surface area contributed by atoms with E-state index in [-0.39, 0.29) is 12.4 Å². The number of nitroso groups, excluding NO2 is 1. The molecule has 3 rings (SSSR count). The molecule has 0 radical (unpaired) electrons. The van der Waals surface area contributed by atoms with Gasteiger partial charge in [-0.15, -0.1) is 4.91 Å². The van der Waals surface area contributed by atoms with Crippen LogP contribution in [0.2, 0.25) is 5.02 Å². The molecule has 2 aromatic carbocycles. The van der Waals surface area contributed by atoms with Crippen molar-refractivity contribution in [1.29, 1.82) is 0 Å². The summed E-state index contributed by atoms with van der Waals surface area (Å²) in [5.41, 5.74) is 1.96. The monoisotopic (exact) mass is 331 g/mol. The highest BCUT2D eigenvalue weighted by atomic mass is 35.5. The Bertz CT molecular complexity index is 835. The van der Waals surface area contributed by atoms with Crippen LogP contribution in [0, 0.1) is 10.7 Å². The van der Waals surface area contributed by atoms with Crippen molar-refractivity contribution in [2.45, 2.75) is 0 Å². The molecule has 0 aromatic heterocycles. The lowest BCUT2D eigenvalue weighted by Gasteiger charge is -2.09. The third kappa shape index (κ3) is 2.98. The van der Waals surface area contributed by atoms with E-state index >= 15 is 0 Å². The maximum absolute atomic E-state index is 14.2. The second-order valence-corrected chi connectivity index (χ2v) is 5.38. The molecule has 0 spiro atoms. The van der Waals surface area contributed by atoms with Crippen molar-refractivity contribution in [1.82, 2.24) is 5.01 Å². The van der Waals surface area contributed by atoms with Gasteiger partial charge in [-0.05, 0) is 30.3 Å². The average molecular weight is 332 g/mol. The van der Waals surface area contributed by atoms with Gasteiger partial charge in [0.15, 0.2) is 0 Å². The summed E-state index contributed by atoms with van der Waals surface area (Å²) < 4.78 is 14.2. The standard InChI is InChI=1S/C16H12ClFN4O/c1-22(21-23)15-9-19-16(11-4-2-3-5-13(11)18)12-8-10(17)6-7-14(12)20-15/h2-8H,9H2,1H3/i15+1. The van der Waals surface area contributed by atoms with Gasteiger partial charge in [0, 0.05) is 23.2 Å². The second kappa shape index (κ2) is 6.26. The first-order valence-electron chi connectivity index (χ1n) is 6.84. The molecule has 0 atom stereocenters. The fourth-order valence-corrected chi connectivity index (χ4v) is 2.48. The van der Waals surface area contributed by atoms with Crippen LogP contribution in [0.5, 0.6) is 0 Å². The van der Waals surface area contributed by atoms with Crippen LogP contribution in [0.15, 0.2) is 57.7 Å². The van der Waals surface area contributed by atoms with Crippen LogP contribution in [0.1, 0.15) is 11.1 Å². The van der Waals surface area contributed by atoms with Gasteiger partial charge in [-0.1, -0.05) is 23.7 Å². The Morgan fingerprint density at radius 2 is 2.00 bits per heavy atom. The lowest BCUT2D eigenvalue weighted by molar-refractivity contribution is 0.529. The number of hydrogen-bond acceptors (Lipinski definition) is 4. The summed E-state index contributed by atoms with van der Waals surface area (Å²) in [6.07, 6.45) is 0. The van der Waals surface area contributed by atoms with E-state index in [1.807, 2.05) is 0 Å². The van der Waals surface area contributed by atoms with E-state index in [2.05, 4.69) is 15.3 Å². The Morgan fingerprint density at radius 3 is 2.74 bits per heavy atom. The molecular formula is C16H12ClFN4O. The van der Waals surface area contributed by atoms with E-state index in [9.17, 15) is 9.30 Å². The van der Waals surface area contributed by atoms with Crippen molar-refractivity contribution < 1.29 is 4.39 Å². The summed E-state index contributed by atoms with van der Waals surface area (Å²) in [4.78, 5) is 19.6. The number of likely N-dealkylation sites (N-methyl/N-ethyl adjacent to an activating group) is 1. The zero-order valence-corrected chi connectivity index (χ0v) is 13.0. The number of benzene rings is 2. The zero-order chi connectivity index (χ0) is 16.4. The molecule has 0 saturated heterocycles. The Balaban J connectivity index is 2.21. The number of amidine groups is 1. The minimum absolute atomic E-state index is 0.109. The minimum Gasteiger partial charge on any atom is -0.276 e. The summed E-state index contributed by atoms with van der Waals surface area (Å²) in [6.45, 7) is 0.109. The third-order valence-corrected chi connectivity index (χ3v) is 3.70. The molecule has 0 fully saturated rings. The highest BCUT2D eigenvalue weighted by molar-refractivity contribution is 6.31. The van der Waals surface area contributed by atoms with Gasteiger partial charge in [-0.3, -0.25) is 4.99 Å². The van der Waals surface area contributed by atoms with Crippen LogP contribution in [0.3, 0.4) is 0 Å². The molecule has 116 valence electrons. The van der Waals surface area contributed by atoms with Crippen LogP contribution >= 0.6 is 11.6 Å². The third-order valence-electron chi connectivity index (χ3n) is 3.47. The van der Waals surface area contributed by atoms with Crippen molar-refractivity contribution in [2.24, 2.45) is 15.3 Å². The van der Waals surface area contributed by atoms with E-state index < -0.39 is 0 Å². The molecule has 2 aromatic rings. The van der Waals surface area contributed by atoms with Gasteiger partial charge in [0.2, 0.25) is 0 Å². The zero-order valence-electron chi connectivity index (χ0n) is 12.2. The Hall–Kier alpha value is -2.60. The molecule has 0 bridgehead atoms. The first-order valence-corrected chi connectivity index (χ1v) is 7.22. The number of fused-ring (bicyclic) bond motifs is 1. The lowest BCUT2D eigenvalue weighted by Crippen LogP contribution is -2.23. The quantitative estimate of drug-likeness (QED) is 0.475. The Kier molecular flexibility index (Phi) is 4.16. The Morgan fingerprint density at radius 1 is 1.22 bits per heavy atom. The summed E-state index contributed by atoms with van der Waals surface area (Å²) in [5.74, 6) is -0.0163. The maximum atomic E-state index is 14.2. The van der Waals surface area contributed by atoms with Crippen LogP contribution in [0.25, 0.3) is 0 Å². The molecule has 0 aliphatic carbocycles. The maximum Gasteiger partial charge on any atom is 0.150 e. The van der Waals surface area contributed by atoms with Crippen LogP contribution in [-0.4, -0.2) is 30.1 Å². The smallest absolute Gasteiger partial charge is 0.150 e. The SMILES string of the molecule is CN(N=O)[13C]1=Nc2ccc(Cl)cc2C(c2ccccc2F)=NC1. The van der Waals surface area contributed by atoms with Crippen LogP contribution < -0.4 is 0 Å². The number of aliphatic imine (C=N–C) groups is 2. The molecule has 0 unspecified atom stereocenters. The molecule has 0 N–H and O–H groups in total. The van der Waals surface area contributed by atoms with E-state index in [1.54, 1.807) is 36.4 Å². The van der Waals surface area contributed by atoms with Crippen molar-refractivity contribution in [3.8, 4) is 0 Å². The first-order chi connectivity index (χ1) is 11.1. The van der Waals surface area contributed by atoms with Gasteiger partial charge >= 0.3 is 0 Å². The van der Waals surface area contributed by atoms with Gasteiger partial charge in [0.1, 0.15) is 11.7 Å². The Labute approximate surface area is 137 Å². The normalized spacial score (nSPS) is 13.5. The molecule has 7 heteroatoms. The molecule has 0 saturated carbocycles. The van der Waals surface area contributed by atoms with E-state index in [1.165, 1.54) is 13.1 Å². The number of nitrogens with zero attached hydrogens (tertiary/aromatic N) is 4. The topological polar surface area (TPSA) is 57.4 Å². The average Bonchev–Trinajstić information content (AvgIpc) is 2.74. The largest absolute Gasteiger partial charge is 0.276 e. The summed E-state index contributed by atoms with van der Waals surface area (Å²) in [6, 6.07) is 11.4. The van der Waals surface area contributed by atoms with Crippen LogP contribution in [-0.2, 0) is 0 Å². The summed E-state index contributed by atoms with van der Waals surface area (Å²) in [5, 5.41) is 4.44. The first kappa shape index (κ1) is 15.3. The van der Waals surface area contributed by atoms with Gasteiger partial charge < -0.3 is 0 Å². The fraction of sp³-hybridized carbons (Fsp3) is 0.125. The van der Waals surface area contributed by atoms with E-state index in [0.717, 1.165) is 5.01 Å². The van der Waals surface area contributed by atoms with Gasteiger partial charge in [0.25, 0.3) is 0 Å². The van der Waals surface area contributed by atoms with Gasteiger partial charge in [-0.25, -0.2) is 14.4 Å². The predicted molar refractivity (Wildman–Crippen MR) is 89.0 cm³/mol. The highest BCUT2D eigenvalue weighted by Gasteiger charge is 2.20. The fourth-order valence-electron chi connectivity index (χ4n) is 2.31. The minimum atomic E-state index is -0.387. The van der Waals surface area contributed by atoms with E-state index in [0.29, 0.717) is 33.4 Å². The van der Waals surface area contributed by atoms with Gasteiger partial charge in [-0.2, -0.15) is 0 Å². The molecule has 23 heavy (non-hydrogen) atoms. The van der Waals surface area contributed by atoms with Crippen molar-refractivity contribution >= 4 is 28.8 Å². The lowest BCUT2D eigenvalue weighted by atomic mass is 10.0. The molecule has 1 aliphatic rings. The second-order valence-electron chi connectivity index (χ2n) is 4.94. The van der Waals surface area contributed by atoms with Gasteiger partial charge in [0.05, 0.1) is 23.2 Å². The van der Waals surface area contributed by atoms with Crippen LogP contribution in [0.4, 0.5) is 10.1 Å².